The Bertz CT molecular complexity index is 876. The van der Waals surface area contributed by atoms with Gasteiger partial charge in [0.2, 0.25) is 6.79 Å². The molecule has 0 unspecified atom stereocenters. The molecule has 0 saturated carbocycles. The summed E-state index contributed by atoms with van der Waals surface area (Å²) in [6.07, 6.45) is 0. The Morgan fingerprint density at radius 3 is 2.83 bits per heavy atom. The summed E-state index contributed by atoms with van der Waals surface area (Å²) >= 11 is 6.09. The third-order valence-corrected chi connectivity index (χ3v) is 3.76. The number of benzene rings is 2. The van der Waals surface area contributed by atoms with Crippen LogP contribution in [0.25, 0.3) is 5.69 Å². The van der Waals surface area contributed by atoms with Crippen molar-refractivity contribution in [1.29, 1.82) is 0 Å². The zero-order chi connectivity index (χ0) is 15.8. The molecule has 0 aliphatic carbocycles. The molecular formula is C17H14ClN3O2. The lowest BCUT2D eigenvalue weighted by molar-refractivity contribution is 0.174. The molecular weight excluding hydrogens is 314 g/mol. The number of ether oxygens (including phenoxy) is 2. The lowest BCUT2D eigenvalue weighted by Gasteiger charge is -2.10. The monoisotopic (exact) mass is 327 g/mol. The summed E-state index contributed by atoms with van der Waals surface area (Å²) in [5.74, 6) is 2.35. The molecule has 116 valence electrons. The molecule has 0 saturated heterocycles. The summed E-state index contributed by atoms with van der Waals surface area (Å²) in [4.78, 5) is 0. The Balaban J connectivity index is 1.70. The minimum atomic E-state index is 0.262. The molecule has 1 aromatic heterocycles. The lowest BCUT2D eigenvalue weighted by atomic mass is 10.2. The molecule has 1 N–H and O–H groups in total. The van der Waals surface area contributed by atoms with Crippen molar-refractivity contribution in [3.8, 4) is 17.2 Å². The minimum absolute atomic E-state index is 0.262. The van der Waals surface area contributed by atoms with Crippen molar-refractivity contribution in [2.75, 3.05) is 12.1 Å². The second-order valence-corrected chi connectivity index (χ2v) is 5.69. The van der Waals surface area contributed by atoms with Crippen LogP contribution in [0.2, 0.25) is 5.02 Å². The zero-order valence-corrected chi connectivity index (χ0v) is 13.2. The van der Waals surface area contributed by atoms with Gasteiger partial charge >= 0.3 is 0 Å². The van der Waals surface area contributed by atoms with Gasteiger partial charge in [-0.2, -0.15) is 5.10 Å². The Morgan fingerprint density at radius 2 is 1.96 bits per heavy atom. The summed E-state index contributed by atoms with van der Waals surface area (Å²) in [6, 6.07) is 15.3. The fraction of sp³-hybridized carbons (Fsp3) is 0.118. The van der Waals surface area contributed by atoms with Crippen LogP contribution in [0.5, 0.6) is 11.5 Å². The van der Waals surface area contributed by atoms with E-state index in [0.29, 0.717) is 5.02 Å². The van der Waals surface area contributed by atoms with Crippen LogP contribution in [-0.2, 0) is 0 Å². The molecule has 0 spiro atoms. The minimum Gasteiger partial charge on any atom is -0.454 e. The highest BCUT2D eigenvalue weighted by Gasteiger charge is 2.14. The highest BCUT2D eigenvalue weighted by atomic mass is 35.5. The van der Waals surface area contributed by atoms with E-state index in [0.717, 1.165) is 34.4 Å². The second-order valence-electron chi connectivity index (χ2n) is 5.26. The molecule has 1 aliphatic heterocycles. The van der Waals surface area contributed by atoms with Crippen LogP contribution in [0, 0.1) is 6.92 Å². The van der Waals surface area contributed by atoms with E-state index in [4.69, 9.17) is 21.1 Å². The van der Waals surface area contributed by atoms with E-state index < -0.39 is 0 Å². The molecule has 0 atom stereocenters. The number of nitrogens with zero attached hydrogens (tertiary/aromatic N) is 2. The van der Waals surface area contributed by atoms with Crippen LogP contribution in [0.4, 0.5) is 11.5 Å². The maximum absolute atomic E-state index is 6.09. The topological polar surface area (TPSA) is 48.3 Å². The van der Waals surface area contributed by atoms with Crippen molar-refractivity contribution in [1.82, 2.24) is 9.78 Å². The van der Waals surface area contributed by atoms with Crippen LogP contribution < -0.4 is 14.8 Å². The molecule has 0 amide bonds. The summed E-state index contributed by atoms with van der Waals surface area (Å²) in [5.41, 5.74) is 2.71. The Kier molecular flexibility index (Phi) is 3.35. The molecule has 6 heteroatoms. The number of hydrogen-bond acceptors (Lipinski definition) is 4. The van der Waals surface area contributed by atoms with Crippen LogP contribution >= 0.6 is 11.6 Å². The van der Waals surface area contributed by atoms with E-state index in [1.54, 1.807) is 0 Å². The summed E-state index contributed by atoms with van der Waals surface area (Å²) in [7, 11) is 0. The van der Waals surface area contributed by atoms with E-state index in [-0.39, 0.29) is 6.79 Å². The maximum Gasteiger partial charge on any atom is 0.231 e. The third-order valence-electron chi connectivity index (χ3n) is 3.53. The number of fused-ring (bicyclic) bond motifs is 1. The average Bonchev–Trinajstić information content (AvgIpc) is 3.13. The van der Waals surface area contributed by atoms with E-state index in [9.17, 15) is 0 Å². The number of anilines is 2. The van der Waals surface area contributed by atoms with E-state index >= 15 is 0 Å². The van der Waals surface area contributed by atoms with Crippen molar-refractivity contribution in [3.05, 3.63) is 59.2 Å². The summed E-state index contributed by atoms with van der Waals surface area (Å²) in [6.45, 7) is 2.21. The molecule has 0 bridgehead atoms. The van der Waals surface area contributed by atoms with Gasteiger partial charge in [0.1, 0.15) is 5.82 Å². The van der Waals surface area contributed by atoms with Gasteiger partial charge in [-0.15, -0.1) is 0 Å². The summed E-state index contributed by atoms with van der Waals surface area (Å²) < 4.78 is 12.6. The number of hydrogen-bond donors (Lipinski definition) is 1. The molecule has 2 aromatic carbocycles. The molecule has 23 heavy (non-hydrogen) atoms. The zero-order valence-electron chi connectivity index (χ0n) is 12.4. The van der Waals surface area contributed by atoms with Gasteiger partial charge in [-0.3, -0.25) is 0 Å². The van der Waals surface area contributed by atoms with Crippen LogP contribution in [0.1, 0.15) is 5.69 Å². The molecule has 1 aliphatic rings. The van der Waals surface area contributed by atoms with Gasteiger partial charge in [0, 0.05) is 22.8 Å². The van der Waals surface area contributed by atoms with Gasteiger partial charge in [0.25, 0.3) is 0 Å². The van der Waals surface area contributed by atoms with Gasteiger partial charge < -0.3 is 14.8 Å². The van der Waals surface area contributed by atoms with Crippen molar-refractivity contribution in [2.45, 2.75) is 6.92 Å². The number of rotatable bonds is 3. The molecule has 5 nitrogen and oxygen atoms in total. The fourth-order valence-electron chi connectivity index (χ4n) is 2.52. The van der Waals surface area contributed by atoms with Crippen LogP contribution in [0.3, 0.4) is 0 Å². The van der Waals surface area contributed by atoms with Crippen molar-refractivity contribution in [3.63, 3.8) is 0 Å². The Labute approximate surface area is 138 Å². The second kappa shape index (κ2) is 5.52. The predicted octanol–water partition coefficient (Wildman–Crippen LogP) is 4.31. The number of halogens is 1. The van der Waals surface area contributed by atoms with E-state index in [1.807, 2.05) is 60.1 Å². The highest BCUT2D eigenvalue weighted by Crippen LogP contribution is 2.35. The molecule has 2 heterocycles. The largest absolute Gasteiger partial charge is 0.454 e. The smallest absolute Gasteiger partial charge is 0.231 e. The SMILES string of the molecule is Cc1cc(Nc2ccc3c(c2)OCO3)n(-c2cccc(Cl)c2)n1. The van der Waals surface area contributed by atoms with Crippen LogP contribution in [0.15, 0.2) is 48.5 Å². The highest BCUT2D eigenvalue weighted by molar-refractivity contribution is 6.30. The number of aryl methyl sites for hydroxylation is 1. The average molecular weight is 328 g/mol. The van der Waals surface area contributed by atoms with Gasteiger partial charge in [0.15, 0.2) is 11.5 Å². The first-order chi connectivity index (χ1) is 11.2. The van der Waals surface area contributed by atoms with E-state index in [2.05, 4.69) is 10.4 Å². The van der Waals surface area contributed by atoms with Gasteiger partial charge in [0.05, 0.1) is 11.4 Å². The number of nitrogens with one attached hydrogen (secondary N) is 1. The first-order valence-electron chi connectivity index (χ1n) is 7.18. The molecule has 0 fully saturated rings. The van der Waals surface area contributed by atoms with Gasteiger partial charge in [-0.25, -0.2) is 4.68 Å². The van der Waals surface area contributed by atoms with Gasteiger partial charge in [-0.05, 0) is 37.3 Å². The third kappa shape index (κ3) is 2.71. The Morgan fingerprint density at radius 1 is 1.09 bits per heavy atom. The normalized spacial score (nSPS) is 12.4. The fourth-order valence-corrected chi connectivity index (χ4v) is 2.70. The maximum atomic E-state index is 6.09. The van der Waals surface area contributed by atoms with Crippen molar-refractivity contribution in [2.24, 2.45) is 0 Å². The molecule has 3 aromatic rings. The van der Waals surface area contributed by atoms with Crippen molar-refractivity contribution >= 4 is 23.1 Å². The number of aromatic nitrogens is 2. The van der Waals surface area contributed by atoms with E-state index in [1.165, 1.54) is 0 Å². The van der Waals surface area contributed by atoms with Gasteiger partial charge in [-0.1, -0.05) is 17.7 Å². The Hall–Kier alpha value is -2.66. The molecule has 4 rings (SSSR count). The summed E-state index contributed by atoms with van der Waals surface area (Å²) in [5, 5.41) is 8.56. The van der Waals surface area contributed by atoms with Crippen LogP contribution in [-0.4, -0.2) is 16.6 Å². The van der Waals surface area contributed by atoms with Crippen molar-refractivity contribution < 1.29 is 9.47 Å². The standard InChI is InChI=1S/C17H14ClN3O2/c1-11-7-17(21(20-11)14-4-2-3-12(18)8-14)19-13-5-6-15-16(9-13)23-10-22-15/h2-9,19H,10H2,1H3. The molecule has 0 radical (unpaired) electrons. The first-order valence-corrected chi connectivity index (χ1v) is 7.56. The lowest BCUT2D eigenvalue weighted by Crippen LogP contribution is -2.02. The predicted molar refractivity (Wildman–Crippen MR) is 89.2 cm³/mol. The first kappa shape index (κ1) is 14.0. The quantitative estimate of drug-likeness (QED) is 0.779.